The number of rotatable bonds is 9. The van der Waals surface area contributed by atoms with Crippen molar-refractivity contribution in [2.75, 3.05) is 0 Å². The Bertz CT molecular complexity index is 1290. The van der Waals surface area contributed by atoms with Gasteiger partial charge in [0.1, 0.15) is 0 Å². The fraction of sp³-hybridized carbons (Fsp3) is 0. The van der Waals surface area contributed by atoms with Crippen LogP contribution in [0.2, 0.25) is 0 Å². The summed E-state index contributed by atoms with van der Waals surface area (Å²) >= 11 is -7.69. The molecule has 0 saturated heterocycles. The van der Waals surface area contributed by atoms with Crippen LogP contribution < -0.4 is 26.4 Å². The first kappa shape index (κ1) is 26.5. The molecule has 0 aliphatic rings. The summed E-state index contributed by atoms with van der Waals surface area (Å²) in [6.07, 6.45) is 0. The fourth-order valence-electron chi connectivity index (χ4n) is 5.45. The number of benzene rings is 6. The van der Waals surface area contributed by atoms with Gasteiger partial charge in [-0.25, -0.2) is 0 Å². The van der Waals surface area contributed by atoms with Crippen LogP contribution in [0.25, 0.3) is 0 Å². The quantitative estimate of drug-likeness (QED) is 0.134. The van der Waals surface area contributed by atoms with Gasteiger partial charge in [0.25, 0.3) is 0 Å². The molecule has 4 heteroatoms. The van der Waals surface area contributed by atoms with Crippen LogP contribution in [0.5, 0.6) is 0 Å². The third-order valence-electron chi connectivity index (χ3n) is 7.37. The van der Waals surface area contributed by atoms with Crippen molar-refractivity contribution in [3.63, 3.8) is 0 Å². The van der Waals surface area contributed by atoms with Crippen LogP contribution in [0.3, 0.4) is 0 Å². The van der Waals surface area contributed by atoms with Gasteiger partial charge in [-0.2, -0.15) is 0 Å². The van der Waals surface area contributed by atoms with E-state index in [1.54, 1.807) is 0 Å². The normalized spacial score (nSPS) is 11.7. The molecule has 0 bridgehead atoms. The molecule has 6 rings (SSSR count). The van der Waals surface area contributed by atoms with Crippen molar-refractivity contribution in [2.24, 2.45) is 0 Å². The number of hydrogen-bond donors (Lipinski definition) is 0. The van der Waals surface area contributed by atoms with Crippen LogP contribution in [-0.2, 0) is 7.83 Å². The van der Waals surface area contributed by atoms with E-state index in [1.165, 1.54) is 26.4 Å². The van der Waals surface area contributed by atoms with E-state index in [4.69, 9.17) is 7.83 Å². The SMILES string of the molecule is c1cc[c]([Ge]([O][O][Ge]([c]2ccccc2)([c]2ccccc2)[c]2ccccc2)([c]2ccccc2)[c]2ccccc2)cc1. The standard InChI is InChI=1S/C36H30Ge2O2/c1-7-19-31(20-8-1)37(32-21-9-2-10-22-32,33-23-11-3-12-24-33)39-40-38(34-25-13-4-14-26-34,35-27-15-5-16-28-35)36-29-17-6-18-30-36/h1-30H. The minimum atomic E-state index is -3.84. The first-order chi connectivity index (χ1) is 19.8. The molecule has 40 heavy (non-hydrogen) atoms. The summed E-state index contributed by atoms with van der Waals surface area (Å²) in [4.78, 5) is 0. The zero-order valence-corrected chi connectivity index (χ0v) is 26.3. The summed E-state index contributed by atoms with van der Waals surface area (Å²) in [6.45, 7) is 0. The van der Waals surface area contributed by atoms with Gasteiger partial charge in [0.2, 0.25) is 0 Å². The molecule has 0 N–H and O–H groups in total. The summed E-state index contributed by atoms with van der Waals surface area (Å²) in [5.41, 5.74) is 0. The Morgan fingerprint density at radius 2 is 0.375 bits per heavy atom. The predicted octanol–water partition coefficient (Wildman–Crippen LogP) is 4.27. The van der Waals surface area contributed by atoms with Gasteiger partial charge in [-0.3, -0.25) is 0 Å². The average Bonchev–Trinajstić information content (AvgIpc) is 3.06. The Kier molecular flexibility index (Phi) is 8.12. The summed E-state index contributed by atoms with van der Waals surface area (Å²) in [7, 11) is 0. The molecule has 0 aliphatic carbocycles. The molecule has 6 aromatic rings. The molecule has 0 fully saturated rings. The molecular formula is C36H30Ge2O2. The van der Waals surface area contributed by atoms with Crippen LogP contribution in [-0.4, -0.2) is 27.2 Å². The van der Waals surface area contributed by atoms with Gasteiger partial charge in [0, 0.05) is 0 Å². The Morgan fingerprint density at radius 1 is 0.225 bits per heavy atom. The summed E-state index contributed by atoms with van der Waals surface area (Å²) in [6, 6.07) is 64.0. The minimum absolute atomic E-state index is 1.19. The van der Waals surface area contributed by atoms with E-state index in [9.17, 15) is 0 Å². The molecule has 0 atom stereocenters. The predicted molar refractivity (Wildman–Crippen MR) is 170 cm³/mol. The Balaban J connectivity index is 1.62. The van der Waals surface area contributed by atoms with Gasteiger partial charge in [0.05, 0.1) is 0 Å². The van der Waals surface area contributed by atoms with Crippen LogP contribution in [0.15, 0.2) is 182 Å². The van der Waals surface area contributed by atoms with Gasteiger partial charge < -0.3 is 0 Å². The third kappa shape index (κ3) is 5.00. The van der Waals surface area contributed by atoms with Gasteiger partial charge >= 0.3 is 243 Å². The van der Waals surface area contributed by atoms with Crippen molar-refractivity contribution in [2.45, 2.75) is 0 Å². The molecule has 0 heterocycles. The number of hydrogen-bond acceptors (Lipinski definition) is 2. The second-order valence-electron chi connectivity index (χ2n) is 9.73. The zero-order valence-electron chi connectivity index (χ0n) is 22.1. The van der Waals surface area contributed by atoms with Crippen molar-refractivity contribution < 1.29 is 7.83 Å². The average molecular weight is 640 g/mol. The van der Waals surface area contributed by atoms with E-state index >= 15 is 0 Å². The molecule has 6 aromatic carbocycles. The van der Waals surface area contributed by atoms with Crippen molar-refractivity contribution >= 4 is 53.6 Å². The van der Waals surface area contributed by atoms with Crippen molar-refractivity contribution in [1.29, 1.82) is 0 Å². The van der Waals surface area contributed by atoms with Crippen molar-refractivity contribution in [3.8, 4) is 0 Å². The Labute approximate surface area is 242 Å². The molecular weight excluding hydrogens is 610 g/mol. The van der Waals surface area contributed by atoms with E-state index in [1.807, 2.05) is 0 Å². The van der Waals surface area contributed by atoms with Gasteiger partial charge in [-0.1, -0.05) is 0 Å². The molecule has 194 valence electrons. The van der Waals surface area contributed by atoms with Crippen molar-refractivity contribution in [1.82, 2.24) is 0 Å². The molecule has 0 spiro atoms. The third-order valence-corrected chi connectivity index (χ3v) is 23.9. The van der Waals surface area contributed by atoms with Crippen LogP contribution in [0.1, 0.15) is 0 Å². The Hall–Kier alpha value is -3.67. The summed E-state index contributed by atoms with van der Waals surface area (Å²) in [5, 5.41) is 0. The van der Waals surface area contributed by atoms with Gasteiger partial charge in [0.15, 0.2) is 0 Å². The molecule has 0 amide bonds. The zero-order chi connectivity index (χ0) is 27.1. The van der Waals surface area contributed by atoms with Crippen molar-refractivity contribution in [3.05, 3.63) is 182 Å². The van der Waals surface area contributed by atoms with Crippen LogP contribution in [0.4, 0.5) is 0 Å². The fourth-order valence-corrected chi connectivity index (χ4v) is 22.4. The molecule has 0 saturated carbocycles. The molecule has 0 radical (unpaired) electrons. The molecule has 0 unspecified atom stereocenters. The van der Waals surface area contributed by atoms with E-state index in [2.05, 4.69) is 182 Å². The monoisotopic (exact) mass is 642 g/mol. The first-order valence-electron chi connectivity index (χ1n) is 13.5. The van der Waals surface area contributed by atoms with E-state index < -0.39 is 27.2 Å². The molecule has 2 nitrogen and oxygen atoms in total. The van der Waals surface area contributed by atoms with Gasteiger partial charge in [-0.05, 0) is 0 Å². The van der Waals surface area contributed by atoms with E-state index in [0.717, 1.165) is 0 Å². The maximum atomic E-state index is 7.29. The molecule has 0 aromatic heterocycles. The summed E-state index contributed by atoms with van der Waals surface area (Å²) < 4.78 is 21.7. The Morgan fingerprint density at radius 3 is 0.525 bits per heavy atom. The second-order valence-corrected chi connectivity index (χ2v) is 23.4. The van der Waals surface area contributed by atoms with Crippen LogP contribution >= 0.6 is 0 Å². The van der Waals surface area contributed by atoms with E-state index in [0.29, 0.717) is 0 Å². The topological polar surface area (TPSA) is 18.5 Å². The first-order valence-corrected chi connectivity index (χ1v) is 21.5. The molecule has 0 aliphatic heterocycles. The van der Waals surface area contributed by atoms with E-state index in [-0.39, 0.29) is 0 Å². The second kappa shape index (κ2) is 12.2. The van der Waals surface area contributed by atoms with Crippen LogP contribution in [0, 0.1) is 0 Å². The summed E-state index contributed by atoms with van der Waals surface area (Å²) in [5.74, 6) is 0. The maximum absolute atomic E-state index is 7.29. The van der Waals surface area contributed by atoms with Gasteiger partial charge in [-0.15, -0.1) is 0 Å².